The van der Waals surface area contributed by atoms with E-state index in [0.29, 0.717) is 43.1 Å². The van der Waals surface area contributed by atoms with Crippen LogP contribution in [0.2, 0.25) is 0 Å². The standard InChI is InChI=1S/C43H57N5O4S/c1-29-8-4-10-32(24-29)44-34-19-22-47(43(2,3)26-34)53-28-30-9-5-11-33(25-30)45-42(52)46-20-17-31(18-21-46)36-15-16-39-40-37(36)13-6-14-38(40)41(51)48(39)35(27-50)12-7-23-49/h5,9,11,14-16,23,25,27,29,31-32,34-35,44H,4,6-8,10,12-13,17-22,24,26,28H2,1-3H3,(H,45,52)/t29-,32?,34?,35?/m0/s1. The van der Waals surface area contributed by atoms with Crippen molar-refractivity contribution in [1.29, 1.82) is 0 Å². The van der Waals surface area contributed by atoms with Gasteiger partial charge in [-0.05, 0) is 118 Å². The van der Waals surface area contributed by atoms with Crippen LogP contribution in [0.1, 0.15) is 120 Å². The zero-order chi connectivity index (χ0) is 37.1. The van der Waals surface area contributed by atoms with E-state index < -0.39 is 6.04 Å². The van der Waals surface area contributed by atoms with Crippen LogP contribution in [-0.2, 0) is 26.6 Å². The van der Waals surface area contributed by atoms with Crippen LogP contribution in [0.25, 0.3) is 5.57 Å². The Labute approximate surface area is 319 Å². The van der Waals surface area contributed by atoms with Crippen molar-refractivity contribution in [3.05, 3.63) is 64.7 Å². The van der Waals surface area contributed by atoms with Crippen molar-refractivity contribution in [2.24, 2.45) is 5.92 Å². The molecule has 1 saturated carbocycles. The number of urea groups is 1. The molecule has 2 aromatic rings. The van der Waals surface area contributed by atoms with E-state index >= 15 is 0 Å². The maximum absolute atomic E-state index is 13.5. The molecule has 3 heterocycles. The summed E-state index contributed by atoms with van der Waals surface area (Å²) >= 11 is 1.91. The molecule has 5 aliphatic rings. The number of nitrogens with one attached hydrogen (secondary N) is 2. The van der Waals surface area contributed by atoms with Crippen molar-refractivity contribution in [3.8, 4) is 0 Å². The van der Waals surface area contributed by atoms with E-state index in [9.17, 15) is 19.2 Å². The molecule has 2 saturated heterocycles. The van der Waals surface area contributed by atoms with Crippen LogP contribution in [0.5, 0.6) is 0 Å². The first-order valence-corrected chi connectivity index (χ1v) is 21.0. The Morgan fingerprint density at radius 2 is 1.87 bits per heavy atom. The van der Waals surface area contributed by atoms with E-state index in [1.165, 1.54) is 48.8 Å². The molecule has 3 amide bonds. The lowest BCUT2D eigenvalue weighted by Crippen LogP contribution is -2.53. The van der Waals surface area contributed by atoms with Crippen molar-refractivity contribution >= 4 is 53.4 Å². The summed E-state index contributed by atoms with van der Waals surface area (Å²) in [5.41, 5.74) is 7.04. The van der Waals surface area contributed by atoms with Gasteiger partial charge in [0.1, 0.15) is 12.6 Å². The summed E-state index contributed by atoms with van der Waals surface area (Å²) in [7, 11) is 0. The van der Waals surface area contributed by atoms with Crippen molar-refractivity contribution in [2.75, 3.05) is 29.9 Å². The summed E-state index contributed by atoms with van der Waals surface area (Å²) in [6.45, 7) is 9.56. The van der Waals surface area contributed by atoms with Crippen molar-refractivity contribution < 1.29 is 19.2 Å². The number of hydrogen-bond donors (Lipinski definition) is 2. The summed E-state index contributed by atoms with van der Waals surface area (Å²) in [5, 5.41) is 7.19. The van der Waals surface area contributed by atoms with Crippen LogP contribution < -0.4 is 15.5 Å². The van der Waals surface area contributed by atoms with Gasteiger partial charge < -0.3 is 25.1 Å². The predicted molar refractivity (Wildman–Crippen MR) is 214 cm³/mol. The molecule has 0 bridgehead atoms. The molecule has 4 atom stereocenters. The smallest absolute Gasteiger partial charge is 0.321 e. The molecular weight excluding hydrogens is 683 g/mol. The minimum absolute atomic E-state index is 0.0618. The lowest BCUT2D eigenvalue weighted by atomic mass is 9.80. The Balaban J connectivity index is 0.918. The van der Waals surface area contributed by atoms with Gasteiger partial charge in [0.15, 0.2) is 0 Å². The number of rotatable bonds is 12. The number of piperidine rings is 2. The van der Waals surface area contributed by atoms with Gasteiger partial charge in [-0.25, -0.2) is 9.10 Å². The van der Waals surface area contributed by atoms with Gasteiger partial charge in [0.25, 0.3) is 5.91 Å². The zero-order valence-electron chi connectivity index (χ0n) is 31.8. The maximum Gasteiger partial charge on any atom is 0.321 e. The molecule has 3 fully saturated rings. The zero-order valence-corrected chi connectivity index (χ0v) is 32.6. The second kappa shape index (κ2) is 16.5. The second-order valence-electron chi connectivity index (χ2n) is 16.7. The SMILES string of the molecule is C[C@H]1CCCC(NC2CCN(SCc3cccc(NC(=O)N4CCC(c5ccc6c7c5CCC=C7C(=O)N6C(C=O)CCC=O)CC4)c3)C(C)(C)C2)C1. The van der Waals surface area contributed by atoms with Crippen LogP contribution in [-0.4, -0.2) is 77.0 Å². The van der Waals surface area contributed by atoms with Gasteiger partial charge in [0.2, 0.25) is 0 Å². The second-order valence-corrected chi connectivity index (χ2v) is 17.7. The van der Waals surface area contributed by atoms with Crippen LogP contribution in [0.15, 0.2) is 42.5 Å². The third kappa shape index (κ3) is 8.30. The number of hydrogen-bond acceptors (Lipinski definition) is 7. The first-order chi connectivity index (χ1) is 25.6. The fourth-order valence-electron chi connectivity index (χ4n) is 9.70. The number of nitrogens with zero attached hydrogens (tertiary/aromatic N) is 3. The first kappa shape index (κ1) is 37.8. The van der Waals surface area contributed by atoms with Gasteiger partial charge in [-0.1, -0.05) is 56.0 Å². The highest BCUT2D eigenvalue weighted by atomic mass is 32.2. The number of carbonyl (C=O) groups excluding carboxylic acids is 4. The maximum atomic E-state index is 13.5. The van der Waals surface area contributed by atoms with Gasteiger partial charge in [-0.15, -0.1) is 0 Å². The third-order valence-electron chi connectivity index (χ3n) is 12.4. The molecule has 0 radical (unpaired) electrons. The summed E-state index contributed by atoms with van der Waals surface area (Å²) in [5.74, 6) is 1.86. The molecule has 9 nitrogen and oxygen atoms in total. The van der Waals surface area contributed by atoms with Crippen molar-refractivity contribution in [2.45, 2.75) is 133 Å². The van der Waals surface area contributed by atoms with E-state index in [1.54, 1.807) is 4.90 Å². The summed E-state index contributed by atoms with van der Waals surface area (Å²) < 4.78 is 2.57. The minimum atomic E-state index is -0.650. The van der Waals surface area contributed by atoms with Crippen LogP contribution in [0.4, 0.5) is 16.2 Å². The van der Waals surface area contributed by atoms with E-state index in [-0.39, 0.29) is 23.9 Å². The average molecular weight is 740 g/mol. The van der Waals surface area contributed by atoms with Crippen LogP contribution in [0.3, 0.4) is 0 Å². The number of likely N-dealkylation sites (tertiary alicyclic amines) is 1. The Morgan fingerprint density at radius 3 is 2.62 bits per heavy atom. The Kier molecular flexibility index (Phi) is 11.8. The van der Waals surface area contributed by atoms with Crippen molar-refractivity contribution in [3.63, 3.8) is 0 Å². The lowest BCUT2D eigenvalue weighted by molar-refractivity contribution is -0.116. The average Bonchev–Trinajstić information content (AvgIpc) is 3.43. The first-order valence-electron chi connectivity index (χ1n) is 20.1. The molecule has 10 heteroatoms. The Morgan fingerprint density at radius 1 is 1.04 bits per heavy atom. The van der Waals surface area contributed by atoms with E-state index in [1.807, 2.05) is 41.1 Å². The molecule has 0 spiro atoms. The molecule has 53 heavy (non-hydrogen) atoms. The van der Waals surface area contributed by atoms with E-state index in [4.69, 9.17) is 0 Å². The number of aldehydes is 2. The predicted octanol–water partition coefficient (Wildman–Crippen LogP) is 7.88. The molecule has 7 rings (SSSR count). The van der Waals surface area contributed by atoms with E-state index in [2.05, 4.69) is 53.9 Å². The lowest BCUT2D eigenvalue weighted by Gasteiger charge is -2.46. The number of carbonyl (C=O) groups is 4. The highest BCUT2D eigenvalue weighted by Crippen LogP contribution is 2.47. The Hall–Kier alpha value is -3.47. The fourth-order valence-corrected chi connectivity index (χ4v) is 10.8. The van der Waals surface area contributed by atoms with Gasteiger partial charge in [0.05, 0.1) is 11.7 Å². The largest absolute Gasteiger partial charge is 0.324 e. The summed E-state index contributed by atoms with van der Waals surface area (Å²) in [6.07, 6.45) is 15.2. The molecule has 2 N–H and O–H groups in total. The van der Waals surface area contributed by atoms with E-state index in [0.717, 1.165) is 79.8 Å². The molecule has 3 aliphatic heterocycles. The Bertz CT molecular complexity index is 1720. The van der Waals surface area contributed by atoms with Crippen LogP contribution in [0, 0.1) is 5.92 Å². The minimum Gasteiger partial charge on any atom is -0.324 e. The van der Waals surface area contributed by atoms with Crippen LogP contribution >= 0.6 is 11.9 Å². The van der Waals surface area contributed by atoms with Gasteiger partial charge in [-0.3, -0.25) is 9.69 Å². The molecule has 284 valence electrons. The third-order valence-corrected chi connectivity index (χ3v) is 13.9. The highest BCUT2D eigenvalue weighted by Gasteiger charge is 2.41. The number of allylic oxidation sites excluding steroid dienone is 1. The van der Waals surface area contributed by atoms with Gasteiger partial charge >= 0.3 is 6.03 Å². The van der Waals surface area contributed by atoms with Crippen molar-refractivity contribution in [1.82, 2.24) is 14.5 Å². The van der Waals surface area contributed by atoms with Gasteiger partial charge in [0, 0.05) is 66.3 Å². The number of amides is 3. The monoisotopic (exact) mass is 739 g/mol. The fraction of sp³-hybridized carbons (Fsp3) is 0.581. The van der Waals surface area contributed by atoms with Gasteiger partial charge in [-0.2, -0.15) is 0 Å². The number of anilines is 2. The highest BCUT2D eigenvalue weighted by molar-refractivity contribution is 7.96. The summed E-state index contributed by atoms with van der Waals surface area (Å²) in [6, 6.07) is 13.0. The molecule has 0 aromatic heterocycles. The molecule has 2 aliphatic carbocycles. The molecule has 2 aromatic carbocycles. The quantitative estimate of drug-likeness (QED) is 0.169. The number of benzene rings is 2. The summed E-state index contributed by atoms with van der Waals surface area (Å²) in [4.78, 5) is 53.5. The molecule has 3 unspecified atom stereocenters. The topological polar surface area (TPSA) is 102 Å². The molecular formula is C43H57N5O4S. The normalized spacial score (nSPS) is 25.1.